The van der Waals surface area contributed by atoms with Crippen LogP contribution in [0.2, 0.25) is 0 Å². The van der Waals surface area contributed by atoms with Crippen molar-refractivity contribution in [3.05, 3.63) is 66.8 Å². The van der Waals surface area contributed by atoms with Gasteiger partial charge in [0.05, 0.1) is 18.7 Å². The fourth-order valence-electron chi connectivity index (χ4n) is 2.34. The van der Waals surface area contributed by atoms with Gasteiger partial charge in [0.2, 0.25) is 5.82 Å². The highest BCUT2D eigenvalue weighted by Crippen LogP contribution is 2.16. The van der Waals surface area contributed by atoms with E-state index in [9.17, 15) is 5.11 Å². The second-order valence-electron chi connectivity index (χ2n) is 6.11. The maximum atomic E-state index is 10.4. The minimum Gasteiger partial charge on any atom is -0.490 e. The molecule has 1 aromatic carbocycles. The van der Waals surface area contributed by atoms with E-state index in [2.05, 4.69) is 26.9 Å². The number of ether oxygens (including phenoxy) is 1. The van der Waals surface area contributed by atoms with E-state index in [1.165, 1.54) is 0 Å². The molecule has 0 aliphatic rings. The summed E-state index contributed by atoms with van der Waals surface area (Å²) in [5.74, 6) is 7.35. The Bertz CT molecular complexity index is 1110. The molecule has 0 aliphatic heterocycles. The van der Waals surface area contributed by atoms with Gasteiger partial charge in [-0.15, -0.1) is 5.10 Å². The number of aliphatic hydroxyl groups is 1. The summed E-state index contributed by atoms with van der Waals surface area (Å²) >= 11 is 0. The predicted molar refractivity (Wildman–Crippen MR) is 97.9 cm³/mol. The lowest BCUT2D eigenvalue weighted by Gasteiger charge is -2.17. The Hall–Kier alpha value is -3.63. The normalized spacial score (nSPS) is 13.0. The number of hydrogen-bond donors (Lipinski definition) is 1. The number of nitrogens with zero attached hydrogens (tertiary/aromatic N) is 4. The monoisotopic (exact) mass is 360 g/mol. The van der Waals surface area contributed by atoms with Gasteiger partial charge < -0.3 is 14.3 Å². The van der Waals surface area contributed by atoms with Crippen LogP contribution in [0.15, 0.2) is 65.5 Å². The first kappa shape index (κ1) is 16.8. The summed E-state index contributed by atoms with van der Waals surface area (Å²) in [6, 6.07) is 12.8. The topological polar surface area (TPSA) is 85.7 Å². The average Bonchev–Trinajstić information content (AvgIpc) is 3.35. The summed E-state index contributed by atoms with van der Waals surface area (Å²) in [4.78, 5) is 8.59. The fraction of sp³-hybridized carbons (Fsp3) is 0.150. The van der Waals surface area contributed by atoms with Gasteiger partial charge in [-0.3, -0.25) is 0 Å². The highest BCUT2D eigenvalue weighted by atomic mass is 16.5. The molecule has 134 valence electrons. The van der Waals surface area contributed by atoms with E-state index in [-0.39, 0.29) is 6.61 Å². The van der Waals surface area contributed by atoms with Crippen molar-refractivity contribution in [2.75, 3.05) is 6.61 Å². The largest absolute Gasteiger partial charge is 0.490 e. The van der Waals surface area contributed by atoms with Crippen LogP contribution in [0.5, 0.6) is 5.75 Å². The van der Waals surface area contributed by atoms with Crippen molar-refractivity contribution in [1.82, 2.24) is 19.6 Å². The predicted octanol–water partition coefficient (Wildman–Crippen LogP) is 2.57. The molecular formula is C20H16N4O3. The first-order chi connectivity index (χ1) is 13.1. The summed E-state index contributed by atoms with van der Waals surface area (Å²) in [6.45, 7) is 1.63. The van der Waals surface area contributed by atoms with E-state index in [4.69, 9.17) is 9.15 Å². The molecule has 0 aliphatic carbocycles. The Morgan fingerprint density at radius 1 is 1.22 bits per heavy atom. The molecule has 0 fully saturated rings. The van der Waals surface area contributed by atoms with Gasteiger partial charge in [-0.1, -0.05) is 24.1 Å². The van der Waals surface area contributed by atoms with Gasteiger partial charge in [0, 0.05) is 0 Å². The summed E-state index contributed by atoms with van der Waals surface area (Å²) < 4.78 is 12.4. The number of hydrogen-bond acceptors (Lipinski definition) is 6. The van der Waals surface area contributed by atoms with E-state index in [0.29, 0.717) is 28.7 Å². The molecule has 0 amide bonds. The van der Waals surface area contributed by atoms with Gasteiger partial charge in [0.15, 0.2) is 17.0 Å². The van der Waals surface area contributed by atoms with Crippen LogP contribution >= 0.6 is 0 Å². The van der Waals surface area contributed by atoms with Crippen molar-refractivity contribution >= 4 is 5.65 Å². The Morgan fingerprint density at radius 3 is 2.85 bits per heavy atom. The van der Waals surface area contributed by atoms with E-state index >= 15 is 0 Å². The fourth-order valence-corrected chi connectivity index (χ4v) is 2.34. The molecule has 7 heteroatoms. The summed E-state index contributed by atoms with van der Waals surface area (Å²) in [5, 5.41) is 14.8. The lowest BCUT2D eigenvalue weighted by atomic mass is 10.1. The summed E-state index contributed by atoms with van der Waals surface area (Å²) in [6.07, 6.45) is 4.78. The molecule has 0 bridgehead atoms. The van der Waals surface area contributed by atoms with Gasteiger partial charge in [0.1, 0.15) is 18.1 Å². The average molecular weight is 360 g/mol. The standard InChI is InChI=1S/C20H16N4O3/c1-20(25,14-27-16-6-3-2-4-7-16)10-9-15-13-24-18(12-21-15)22-19(23-24)17-8-5-11-26-17/h2-8,11-13,25H,14H2,1H3. The molecule has 27 heavy (non-hydrogen) atoms. The Kier molecular flexibility index (Phi) is 4.32. The molecular weight excluding hydrogens is 344 g/mol. The highest BCUT2D eigenvalue weighted by Gasteiger charge is 2.18. The van der Waals surface area contributed by atoms with Crippen LogP contribution in [0.25, 0.3) is 17.2 Å². The summed E-state index contributed by atoms with van der Waals surface area (Å²) in [5.41, 5.74) is -0.293. The third-order valence-corrected chi connectivity index (χ3v) is 3.69. The van der Waals surface area contributed by atoms with Crippen LogP contribution in [0.3, 0.4) is 0 Å². The molecule has 4 rings (SSSR count). The zero-order valence-corrected chi connectivity index (χ0v) is 14.5. The molecule has 3 aromatic heterocycles. The van der Waals surface area contributed by atoms with Crippen molar-refractivity contribution in [2.45, 2.75) is 12.5 Å². The second kappa shape index (κ2) is 6.94. The van der Waals surface area contributed by atoms with Crippen LogP contribution in [-0.4, -0.2) is 36.9 Å². The molecule has 7 nitrogen and oxygen atoms in total. The lowest BCUT2D eigenvalue weighted by Crippen LogP contribution is -2.30. The van der Waals surface area contributed by atoms with Gasteiger partial charge in [-0.05, 0) is 37.1 Å². The van der Waals surface area contributed by atoms with Crippen LogP contribution in [0, 0.1) is 11.8 Å². The minimum atomic E-state index is -1.33. The first-order valence-electron chi connectivity index (χ1n) is 8.29. The maximum Gasteiger partial charge on any atom is 0.217 e. The summed E-state index contributed by atoms with van der Waals surface area (Å²) in [7, 11) is 0. The van der Waals surface area contributed by atoms with E-state index in [0.717, 1.165) is 0 Å². The Balaban J connectivity index is 1.51. The van der Waals surface area contributed by atoms with Crippen LogP contribution in [0.1, 0.15) is 12.6 Å². The van der Waals surface area contributed by atoms with Crippen LogP contribution in [0.4, 0.5) is 0 Å². The molecule has 0 saturated heterocycles. The number of benzene rings is 1. The van der Waals surface area contributed by atoms with Crippen LogP contribution in [-0.2, 0) is 0 Å². The number of aromatic nitrogens is 4. The molecule has 0 spiro atoms. The van der Waals surface area contributed by atoms with Crippen molar-refractivity contribution < 1.29 is 14.3 Å². The molecule has 1 atom stereocenters. The van der Waals surface area contributed by atoms with Crippen molar-refractivity contribution in [3.63, 3.8) is 0 Å². The minimum absolute atomic E-state index is 0.0399. The van der Waals surface area contributed by atoms with E-state index < -0.39 is 5.60 Å². The first-order valence-corrected chi connectivity index (χ1v) is 8.29. The van der Waals surface area contributed by atoms with Gasteiger partial charge in [-0.2, -0.15) is 0 Å². The van der Waals surface area contributed by atoms with Gasteiger partial charge >= 0.3 is 0 Å². The maximum absolute atomic E-state index is 10.4. The number of furan rings is 1. The molecule has 0 radical (unpaired) electrons. The Morgan fingerprint density at radius 2 is 2.07 bits per heavy atom. The Labute approximate surface area is 155 Å². The molecule has 1 N–H and O–H groups in total. The van der Waals surface area contributed by atoms with E-state index in [1.807, 2.05) is 30.3 Å². The van der Waals surface area contributed by atoms with Gasteiger partial charge in [-0.25, -0.2) is 14.5 Å². The SMILES string of the molecule is CC(O)(C#Cc1cn2nc(-c3ccco3)nc2cn1)COc1ccccc1. The molecule has 1 unspecified atom stereocenters. The molecule has 0 saturated carbocycles. The highest BCUT2D eigenvalue weighted by molar-refractivity contribution is 5.51. The van der Waals surface area contributed by atoms with Crippen molar-refractivity contribution in [2.24, 2.45) is 0 Å². The number of rotatable bonds is 4. The smallest absolute Gasteiger partial charge is 0.217 e. The van der Waals surface area contributed by atoms with Crippen LogP contribution < -0.4 is 4.74 Å². The number of fused-ring (bicyclic) bond motifs is 1. The lowest BCUT2D eigenvalue weighted by molar-refractivity contribution is 0.0630. The second-order valence-corrected chi connectivity index (χ2v) is 6.11. The third kappa shape index (κ3) is 3.97. The third-order valence-electron chi connectivity index (χ3n) is 3.69. The van der Waals surface area contributed by atoms with Crippen molar-refractivity contribution in [3.8, 4) is 29.2 Å². The molecule has 4 aromatic rings. The van der Waals surface area contributed by atoms with Crippen molar-refractivity contribution in [1.29, 1.82) is 0 Å². The zero-order chi connectivity index (χ0) is 18.7. The zero-order valence-electron chi connectivity index (χ0n) is 14.5. The molecule has 3 heterocycles. The van der Waals surface area contributed by atoms with E-state index in [1.54, 1.807) is 42.2 Å². The quantitative estimate of drug-likeness (QED) is 0.563. The number of para-hydroxylation sites is 1. The van der Waals surface area contributed by atoms with Gasteiger partial charge in [0.25, 0.3) is 0 Å².